The number of aromatic nitrogens is 2. The molecular formula is C11H10N2O4. The van der Waals surface area contributed by atoms with Crippen molar-refractivity contribution >= 4 is 5.97 Å². The minimum absolute atomic E-state index is 0.0974. The van der Waals surface area contributed by atoms with Crippen molar-refractivity contribution in [3.05, 3.63) is 40.4 Å². The molecule has 2 rings (SSSR count). The topological polar surface area (TPSA) is 96.2 Å². The monoisotopic (exact) mass is 234 g/mol. The zero-order valence-electron chi connectivity index (χ0n) is 8.84. The molecule has 1 aromatic heterocycles. The van der Waals surface area contributed by atoms with Crippen molar-refractivity contribution in [2.75, 3.05) is 0 Å². The van der Waals surface area contributed by atoms with E-state index in [9.17, 15) is 9.59 Å². The molecule has 0 aliphatic heterocycles. The van der Waals surface area contributed by atoms with Gasteiger partial charge in [0.1, 0.15) is 0 Å². The maximum Gasteiger partial charge on any atom is 0.439 e. The minimum Gasteiger partial charge on any atom is -0.481 e. The quantitative estimate of drug-likeness (QED) is 0.824. The van der Waals surface area contributed by atoms with E-state index in [-0.39, 0.29) is 6.42 Å². The Kier molecular flexibility index (Phi) is 3.04. The van der Waals surface area contributed by atoms with Crippen molar-refractivity contribution in [1.29, 1.82) is 0 Å². The molecular weight excluding hydrogens is 224 g/mol. The molecule has 0 fully saturated rings. The Bertz CT molecular complexity index is 568. The highest BCUT2D eigenvalue weighted by Gasteiger charge is 2.04. The average Bonchev–Trinajstić information content (AvgIpc) is 2.74. The fraction of sp³-hybridized carbons (Fsp3) is 0.182. The van der Waals surface area contributed by atoms with Crippen molar-refractivity contribution in [1.82, 2.24) is 10.1 Å². The van der Waals surface area contributed by atoms with E-state index in [0.29, 0.717) is 12.2 Å². The molecule has 17 heavy (non-hydrogen) atoms. The van der Waals surface area contributed by atoms with Gasteiger partial charge in [0.25, 0.3) is 0 Å². The Morgan fingerprint density at radius 2 is 2.06 bits per heavy atom. The van der Waals surface area contributed by atoms with Crippen molar-refractivity contribution in [3.63, 3.8) is 0 Å². The first-order valence-electron chi connectivity index (χ1n) is 5.02. The summed E-state index contributed by atoms with van der Waals surface area (Å²) in [6, 6.07) is 7.10. The molecule has 0 saturated carbocycles. The number of aliphatic carboxylic acids is 1. The largest absolute Gasteiger partial charge is 0.481 e. The van der Waals surface area contributed by atoms with Crippen LogP contribution in [-0.2, 0) is 11.2 Å². The van der Waals surface area contributed by atoms with Crippen molar-refractivity contribution in [3.8, 4) is 11.4 Å². The third kappa shape index (κ3) is 2.81. The molecule has 0 aliphatic carbocycles. The van der Waals surface area contributed by atoms with Gasteiger partial charge in [0, 0.05) is 12.0 Å². The number of benzene rings is 1. The van der Waals surface area contributed by atoms with Crippen LogP contribution < -0.4 is 5.76 Å². The predicted molar refractivity (Wildman–Crippen MR) is 58.5 cm³/mol. The Morgan fingerprint density at radius 1 is 1.35 bits per heavy atom. The van der Waals surface area contributed by atoms with E-state index in [0.717, 1.165) is 11.1 Å². The summed E-state index contributed by atoms with van der Waals surface area (Å²) in [6.07, 6.45) is 0.574. The zero-order valence-corrected chi connectivity index (χ0v) is 8.84. The number of rotatable bonds is 4. The SMILES string of the molecule is O=C(O)CCc1ccc(-c2noc(=O)[nH]2)cc1. The summed E-state index contributed by atoms with van der Waals surface area (Å²) in [4.78, 5) is 23.6. The molecule has 0 bridgehead atoms. The van der Waals surface area contributed by atoms with Gasteiger partial charge in [-0.3, -0.25) is 14.3 Å². The van der Waals surface area contributed by atoms with Gasteiger partial charge >= 0.3 is 11.7 Å². The number of aryl methyl sites for hydroxylation is 1. The molecule has 0 atom stereocenters. The Labute approximate surface area is 95.9 Å². The second-order valence-electron chi connectivity index (χ2n) is 3.53. The summed E-state index contributed by atoms with van der Waals surface area (Å²) in [6.45, 7) is 0. The van der Waals surface area contributed by atoms with E-state index in [2.05, 4.69) is 14.7 Å². The van der Waals surface area contributed by atoms with Crippen LogP contribution in [0.5, 0.6) is 0 Å². The first-order chi connectivity index (χ1) is 8.15. The van der Waals surface area contributed by atoms with Crippen LogP contribution in [0.15, 0.2) is 33.6 Å². The van der Waals surface area contributed by atoms with Gasteiger partial charge in [-0.1, -0.05) is 29.4 Å². The lowest BCUT2D eigenvalue weighted by molar-refractivity contribution is -0.136. The average molecular weight is 234 g/mol. The first-order valence-corrected chi connectivity index (χ1v) is 5.02. The van der Waals surface area contributed by atoms with Gasteiger partial charge in [0.05, 0.1) is 0 Å². The summed E-state index contributed by atoms with van der Waals surface area (Å²) in [5, 5.41) is 12.1. The van der Waals surface area contributed by atoms with Crippen LogP contribution in [0, 0.1) is 0 Å². The number of carbonyl (C=O) groups is 1. The lowest BCUT2D eigenvalue weighted by atomic mass is 10.1. The number of aromatic amines is 1. The summed E-state index contributed by atoms with van der Waals surface area (Å²) >= 11 is 0. The summed E-state index contributed by atoms with van der Waals surface area (Å²) in [5.41, 5.74) is 1.64. The number of hydrogen-bond donors (Lipinski definition) is 2. The highest BCUT2D eigenvalue weighted by atomic mass is 16.5. The molecule has 1 aromatic carbocycles. The van der Waals surface area contributed by atoms with Gasteiger partial charge < -0.3 is 5.11 Å². The Balaban J connectivity index is 2.13. The van der Waals surface area contributed by atoms with Crippen molar-refractivity contribution in [2.45, 2.75) is 12.8 Å². The van der Waals surface area contributed by atoms with Gasteiger partial charge in [-0.15, -0.1) is 0 Å². The molecule has 88 valence electrons. The van der Waals surface area contributed by atoms with E-state index in [4.69, 9.17) is 5.11 Å². The first kappa shape index (κ1) is 11.1. The number of carboxylic acid groups (broad SMARTS) is 1. The maximum absolute atomic E-state index is 10.8. The molecule has 0 spiro atoms. The van der Waals surface area contributed by atoms with Crippen LogP contribution in [0.2, 0.25) is 0 Å². The number of H-pyrrole nitrogens is 1. The smallest absolute Gasteiger partial charge is 0.439 e. The summed E-state index contributed by atoms with van der Waals surface area (Å²) in [5.74, 6) is -1.07. The van der Waals surface area contributed by atoms with E-state index < -0.39 is 11.7 Å². The van der Waals surface area contributed by atoms with Crippen LogP contribution in [0.3, 0.4) is 0 Å². The normalized spacial score (nSPS) is 10.4. The van der Waals surface area contributed by atoms with Crippen LogP contribution >= 0.6 is 0 Å². The highest BCUT2D eigenvalue weighted by Crippen LogP contribution is 2.14. The van der Waals surface area contributed by atoms with Gasteiger partial charge in [0.15, 0.2) is 5.82 Å². The van der Waals surface area contributed by atoms with E-state index in [1.165, 1.54) is 0 Å². The fourth-order valence-corrected chi connectivity index (χ4v) is 1.43. The lowest BCUT2D eigenvalue weighted by Gasteiger charge is -1.99. The van der Waals surface area contributed by atoms with Gasteiger partial charge in [-0.05, 0) is 12.0 Å². The van der Waals surface area contributed by atoms with E-state index in [1.54, 1.807) is 24.3 Å². The number of nitrogens with one attached hydrogen (secondary N) is 1. The van der Waals surface area contributed by atoms with E-state index in [1.807, 2.05) is 0 Å². The molecule has 0 saturated heterocycles. The lowest BCUT2D eigenvalue weighted by Crippen LogP contribution is -1.97. The van der Waals surface area contributed by atoms with Gasteiger partial charge in [-0.2, -0.15) is 0 Å². The summed E-state index contributed by atoms with van der Waals surface area (Å²) in [7, 11) is 0. The Hall–Kier alpha value is -2.37. The van der Waals surface area contributed by atoms with Gasteiger partial charge in [0.2, 0.25) is 0 Å². The highest BCUT2D eigenvalue weighted by molar-refractivity contribution is 5.67. The molecule has 2 N–H and O–H groups in total. The standard InChI is InChI=1S/C11H10N2O4/c14-9(15)6-3-7-1-4-8(5-2-7)10-12-11(16)17-13-10/h1-2,4-5H,3,6H2,(H,14,15)(H,12,13,16). The molecule has 1 heterocycles. The van der Waals surface area contributed by atoms with Crippen LogP contribution in [0.1, 0.15) is 12.0 Å². The molecule has 0 unspecified atom stereocenters. The third-order valence-electron chi connectivity index (χ3n) is 2.30. The van der Waals surface area contributed by atoms with Crippen molar-refractivity contribution < 1.29 is 14.4 Å². The molecule has 0 amide bonds. The summed E-state index contributed by atoms with van der Waals surface area (Å²) < 4.78 is 4.39. The predicted octanol–water partition coefficient (Wildman–Crippen LogP) is 1.05. The maximum atomic E-state index is 10.8. The van der Waals surface area contributed by atoms with Crippen molar-refractivity contribution in [2.24, 2.45) is 0 Å². The molecule has 6 heteroatoms. The van der Waals surface area contributed by atoms with Crippen LogP contribution in [-0.4, -0.2) is 21.2 Å². The van der Waals surface area contributed by atoms with E-state index >= 15 is 0 Å². The molecule has 2 aromatic rings. The second-order valence-corrected chi connectivity index (χ2v) is 3.53. The number of hydrogen-bond acceptors (Lipinski definition) is 4. The minimum atomic E-state index is -0.824. The second kappa shape index (κ2) is 4.65. The van der Waals surface area contributed by atoms with Gasteiger partial charge in [-0.25, -0.2) is 4.79 Å². The Morgan fingerprint density at radius 3 is 2.59 bits per heavy atom. The number of nitrogens with zero attached hydrogens (tertiary/aromatic N) is 1. The molecule has 0 aliphatic rings. The molecule has 0 radical (unpaired) electrons. The zero-order chi connectivity index (χ0) is 12.3. The number of carboxylic acids is 1. The fourth-order valence-electron chi connectivity index (χ4n) is 1.43. The molecule has 6 nitrogen and oxygen atoms in total. The van der Waals surface area contributed by atoms with Crippen LogP contribution in [0.4, 0.5) is 0 Å². The third-order valence-corrected chi connectivity index (χ3v) is 2.30. The van der Waals surface area contributed by atoms with Crippen LogP contribution in [0.25, 0.3) is 11.4 Å².